The lowest BCUT2D eigenvalue weighted by Crippen LogP contribution is -2.80. The van der Waals surface area contributed by atoms with E-state index >= 15 is 0 Å². The highest BCUT2D eigenvalue weighted by molar-refractivity contribution is 5.89. The van der Waals surface area contributed by atoms with Crippen molar-refractivity contribution in [3.05, 3.63) is 0 Å². The van der Waals surface area contributed by atoms with E-state index in [2.05, 4.69) is 5.32 Å². The highest BCUT2D eigenvalue weighted by Gasteiger charge is 2.71. The maximum atomic E-state index is 12.4. The van der Waals surface area contributed by atoms with E-state index in [1.807, 2.05) is 13.8 Å². The lowest BCUT2D eigenvalue weighted by Gasteiger charge is -2.60. The number of carbonyl (C=O) groups is 2. The van der Waals surface area contributed by atoms with Crippen molar-refractivity contribution in [2.75, 3.05) is 26.4 Å². The smallest absolute Gasteiger partial charge is 0.243 e. The Labute approximate surface area is 118 Å². The van der Waals surface area contributed by atoms with Gasteiger partial charge in [0.1, 0.15) is 12.1 Å². The quantitative estimate of drug-likeness (QED) is 0.527. The Kier molecular flexibility index (Phi) is 4.04. The molecule has 0 aromatic rings. The van der Waals surface area contributed by atoms with Crippen LogP contribution in [-0.2, 0) is 19.1 Å². The fourth-order valence-electron chi connectivity index (χ4n) is 3.40. The van der Waals surface area contributed by atoms with E-state index in [9.17, 15) is 9.59 Å². The SMILES string of the molecule is CC1(C)C2OCCC2C1(N)C(=O)NCCOCC(N)=O. The molecule has 0 aromatic carbocycles. The molecule has 1 saturated heterocycles. The number of ether oxygens (including phenoxy) is 2. The molecule has 0 radical (unpaired) electrons. The van der Waals surface area contributed by atoms with Crippen molar-refractivity contribution in [1.82, 2.24) is 5.32 Å². The largest absolute Gasteiger partial charge is 0.377 e. The van der Waals surface area contributed by atoms with Crippen LogP contribution in [0.5, 0.6) is 0 Å². The van der Waals surface area contributed by atoms with Crippen molar-refractivity contribution in [1.29, 1.82) is 0 Å². The van der Waals surface area contributed by atoms with Crippen molar-refractivity contribution in [3.8, 4) is 0 Å². The van der Waals surface area contributed by atoms with Gasteiger partial charge in [-0.05, 0) is 6.42 Å². The predicted molar refractivity (Wildman–Crippen MR) is 71.6 cm³/mol. The Morgan fingerprint density at radius 3 is 2.80 bits per heavy atom. The van der Waals surface area contributed by atoms with E-state index in [4.69, 9.17) is 20.9 Å². The third kappa shape index (κ3) is 2.19. The van der Waals surface area contributed by atoms with Crippen molar-refractivity contribution >= 4 is 11.8 Å². The minimum Gasteiger partial charge on any atom is -0.377 e. The third-order valence-corrected chi connectivity index (χ3v) is 4.61. The van der Waals surface area contributed by atoms with Gasteiger partial charge in [-0.3, -0.25) is 9.59 Å². The van der Waals surface area contributed by atoms with Crippen LogP contribution in [0.15, 0.2) is 0 Å². The molecule has 7 nitrogen and oxygen atoms in total. The first-order chi connectivity index (χ1) is 9.31. The molecule has 2 fully saturated rings. The second-order valence-electron chi connectivity index (χ2n) is 6.05. The van der Waals surface area contributed by atoms with Crippen molar-refractivity contribution in [3.63, 3.8) is 0 Å². The maximum Gasteiger partial charge on any atom is 0.243 e. The highest BCUT2D eigenvalue weighted by atomic mass is 16.5. The normalized spacial score (nSPS) is 34.1. The highest BCUT2D eigenvalue weighted by Crippen LogP contribution is 2.58. The second kappa shape index (κ2) is 5.31. The van der Waals surface area contributed by atoms with E-state index in [0.29, 0.717) is 13.2 Å². The molecule has 5 N–H and O–H groups in total. The Balaban J connectivity index is 1.84. The molecule has 2 rings (SSSR count). The summed E-state index contributed by atoms with van der Waals surface area (Å²) in [5.41, 5.74) is 10.0. The lowest BCUT2D eigenvalue weighted by atomic mass is 9.48. The predicted octanol–water partition coefficient (Wildman–Crippen LogP) is -1.25. The number of rotatable bonds is 6. The number of nitrogens with two attached hydrogens (primary N) is 2. The van der Waals surface area contributed by atoms with Crippen LogP contribution in [0.4, 0.5) is 0 Å². The van der Waals surface area contributed by atoms with E-state index in [0.717, 1.165) is 6.42 Å². The summed E-state index contributed by atoms with van der Waals surface area (Å²) in [7, 11) is 0. The van der Waals surface area contributed by atoms with Crippen LogP contribution in [0.3, 0.4) is 0 Å². The summed E-state index contributed by atoms with van der Waals surface area (Å²) in [5, 5.41) is 2.77. The summed E-state index contributed by atoms with van der Waals surface area (Å²) in [4.78, 5) is 22.9. The van der Waals surface area contributed by atoms with Gasteiger partial charge in [0.2, 0.25) is 11.8 Å². The summed E-state index contributed by atoms with van der Waals surface area (Å²) in [5.74, 6) is -0.640. The van der Waals surface area contributed by atoms with Crippen molar-refractivity contribution < 1.29 is 19.1 Å². The van der Waals surface area contributed by atoms with Crippen molar-refractivity contribution in [2.24, 2.45) is 22.8 Å². The zero-order chi connectivity index (χ0) is 15.0. The molecule has 114 valence electrons. The summed E-state index contributed by atoms with van der Waals surface area (Å²) >= 11 is 0. The second-order valence-corrected chi connectivity index (χ2v) is 6.05. The zero-order valence-electron chi connectivity index (χ0n) is 12.0. The van der Waals surface area contributed by atoms with Gasteiger partial charge in [-0.25, -0.2) is 0 Å². The van der Waals surface area contributed by atoms with Gasteiger partial charge in [0, 0.05) is 24.5 Å². The van der Waals surface area contributed by atoms with Gasteiger partial charge in [-0.2, -0.15) is 0 Å². The first-order valence-electron chi connectivity index (χ1n) is 6.86. The number of hydrogen-bond acceptors (Lipinski definition) is 5. The molecule has 1 aliphatic carbocycles. The van der Waals surface area contributed by atoms with Gasteiger partial charge in [-0.15, -0.1) is 0 Å². The first-order valence-corrected chi connectivity index (χ1v) is 6.86. The third-order valence-electron chi connectivity index (χ3n) is 4.61. The number of primary amides is 1. The van der Waals surface area contributed by atoms with Gasteiger partial charge >= 0.3 is 0 Å². The maximum absolute atomic E-state index is 12.4. The van der Waals surface area contributed by atoms with E-state index in [1.165, 1.54) is 0 Å². The molecule has 0 bridgehead atoms. The number of nitrogens with one attached hydrogen (secondary N) is 1. The summed E-state index contributed by atoms with van der Waals surface area (Å²) in [6.07, 6.45) is 0.875. The van der Waals surface area contributed by atoms with E-state index in [-0.39, 0.29) is 36.6 Å². The van der Waals surface area contributed by atoms with E-state index < -0.39 is 11.4 Å². The molecule has 7 heteroatoms. The molecule has 2 amide bonds. The Morgan fingerprint density at radius 2 is 2.15 bits per heavy atom. The van der Waals surface area contributed by atoms with Crippen LogP contribution < -0.4 is 16.8 Å². The van der Waals surface area contributed by atoms with Crippen LogP contribution in [-0.4, -0.2) is 49.8 Å². The van der Waals surface area contributed by atoms with Gasteiger partial charge in [-0.1, -0.05) is 13.8 Å². The molecule has 1 aliphatic heterocycles. The first kappa shape index (κ1) is 15.2. The fraction of sp³-hybridized carbons (Fsp3) is 0.846. The van der Waals surface area contributed by atoms with Crippen LogP contribution in [0.2, 0.25) is 0 Å². The molecule has 2 aliphatic rings. The fourth-order valence-corrected chi connectivity index (χ4v) is 3.40. The zero-order valence-corrected chi connectivity index (χ0v) is 12.0. The summed E-state index contributed by atoms with van der Waals surface area (Å²) in [6.45, 7) is 4.97. The van der Waals surface area contributed by atoms with Gasteiger partial charge in [0.25, 0.3) is 0 Å². The topological polar surface area (TPSA) is 117 Å². The van der Waals surface area contributed by atoms with Gasteiger partial charge in [0.15, 0.2) is 0 Å². The Morgan fingerprint density at radius 1 is 1.45 bits per heavy atom. The van der Waals surface area contributed by atoms with Crippen molar-refractivity contribution in [2.45, 2.75) is 31.9 Å². The summed E-state index contributed by atoms with van der Waals surface area (Å²) in [6, 6.07) is 0. The van der Waals surface area contributed by atoms with E-state index in [1.54, 1.807) is 0 Å². The van der Waals surface area contributed by atoms with Crippen LogP contribution in [0.25, 0.3) is 0 Å². The summed E-state index contributed by atoms with van der Waals surface area (Å²) < 4.78 is 10.6. The Hall–Kier alpha value is -1.18. The molecule has 3 atom stereocenters. The molecular weight excluding hydrogens is 262 g/mol. The van der Waals surface area contributed by atoms with Crippen LogP contribution in [0.1, 0.15) is 20.3 Å². The molecule has 1 saturated carbocycles. The molecule has 0 spiro atoms. The van der Waals surface area contributed by atoms with Gasteiger partial charge in [0.05, 0.1) is 12.7 Å². The number of hydrogen-bond donors (Lipinski definition) is 3. The number of fused-ring (bicyclic) bond motifs is 1. The molecule has 20 heavy (non-hydrogen) atoms. The molecular formula is C13H23N3O4. The minimum atomic E-state index is -0.905. The average molecular weight is 285 g/mol. The minimum absolute atomic E-state index is 0.0596. The van der Waals surface area contributed by atoms with Gasteiger partial charge < -0.3 is 26.3 Å². The molecule has 1 heterocycles. The molecule has 0 aromatic heterocycles. The standard InChI is InChI=1S/C13H23N3O4/c1-12(2)10-8(3-5-20-10)13(12,15)11(18)16-4-6-19-7-9(14)17/h8,10H,3-7,15H2,1-2H3,(H2,14,17)(H,16,18). The molecule has 3 unspecified atom stereocenters. The lowest BCUT2D eigenvalue weighted by molar-refractivity contribution is -0.175. The number of amides is 2. The van der Waals surface area contributed by atoms with Crippen LogP contribution >= 0.6 is 0 Å². The number of carbonyl (C=O) groups excluding carboxylic acids is 2. The monoisotopic (exact) mass is 285 g/mol. The Bertz CT molecular complexity index is 412. The van der Waals surface area contributed by atoms with Crippen LogP contribution in [0, 0.1) is 11.3 Å². The average Bonchev–Trinajstić information content (AvgIpc) is 2.84.